The third-order valence-corrected chi connectivity index (χ3v) is 10.1. The summed E-state index contributed by atoms with van der Waals surface area (Å²) in [4.78, 5) is 34.9. The van der Waals surface area contributed by atoms with Gasteiger partial charge in [0.25, 0.3) is 5.91 Å². The Morgan fingerprint density at radius 3 is 2.46 bits per heavy atom. The van der Waals surface area contributed by atoms with Gasteiger partial charge in [-0.05, 0) is 82.0 Å². The Kier molecular flexibility index (Phi) is 8.88. The number of aliphatic hydroxyl groups excluding tert-OH is 1. The molecule has 1 amide bonds. The second kappa shape index (κ2) is 13.4. The van der Waals surface area contributed by atoms with E-state index in [1.54, 1.807) is 43.9 Å². The predicted octanol–water partition coefficient (Wildman–Crippen LogP) is 4.45. The third kappa shape index (κ3) is 6.31. The fraction of sp³-hybridized carbons (Fsp3) is 0.486. The Hall–Kier alpha value is -4.06. The molecule has 3 aromatic heterocycles. The van der Waals surface area contributed by atoms with E-state index in [0.717, 1.165) is 76.0 Å². The highest BCUT2D eigenvalue weighted by Crippen LogP contribution is 2.37. The van der Waals surface area contributed by atoms with Crippen molar-refractivity contribution >= 4 is 28.6 Å². The first kappa shape index (κ1) is 30.6. The van der Waals surface area contributed by atoms with Crippen molar-refractivity contribution in [3.05, 3.63) is 60.6 Å². The molecule has 5 heterocycles. The highest BCUT2D eigenvalue weighted by Gasteiger charge is 2.29. The van der Waals surface area contributed by atoms with E-state index in [0.29, 0.717) is 34.6 Å². The van der Waals surface area contributed by atoms with Gasteiger partial charge in [-0.25, -0.2) is 4.98 Å². The van der Waals surface area contributed by atoms with Gasteiger partial charge in [0, 0.05) is 81.2 Å². The monoisotopic (exact) mass is 624 g/mol. The van der Waals surface area contributed by atoms with Crippen LogP contribution in [-0.2, 0) is 0 Å². The molecule has 0 atom stereocenters. The van der Waals surface area contributed by atoms with Crippen molar-refractivity contribution in [3.8, 4) is 17.0 Å². The summed E-state index contributed by atoms with van der Waals surface area (Å²) in [5, 5.41) is 13.4. The van der Waals surface area contributed by atoms with Crippen LogP contribution < -0.4 is 15.0 Å². The van der Waals surface area contributed by atoms with E-state index in [1.807, 2.05) is 0 Å². The highest BCUT2D eigenvalue weighted by atomic mass is 16.5. The molecule has 242 valence electrons. The largest absolute Gasteiger partial charge is 0.496 e. The number of nitrogens with zero attached hydrogens (tertiary/aromatic N) is 7. The van der Waals surface area contributed by atoms with Crippen molar-refractivity contribution < 1.29 is 14.6 Å². The Morgan fingerprint density at radius 1 is 0.913 bits per heavy atom. The number of aromatic nitrogens is 4. The molecule has 0 radical (unpaired) electrons. The second-order valence-electron chi connectivity index (χ2n) is 13.0. The number of amides is 1. The molecule has 4 aromatic rings. The molecule has 46 heavy (non-hydrogen) atoms. The van der Waals surface area contributed by atoms with E-state index >= 15 is 0 Å². The number of carbonyl (C=O) groups is 1. The third-order valence-electron chi connectivity index (χ3n) is 10.1. The molecule has 0 spiro atoms. The quantitative estimate of drug-likeness (QED) is 0.308. The van der Waals surface area contributed by atoms with E-state index in [9.17, 15) is 9.90 Å². The maximum atomic E-state index is 13.7. The SMILES string of the molecule is COc1ccncc1-c1cc(C(=O)Nc2nc3ccc(N4CCC(N5CCN(C)CC5)CC4)cc3n2C2CCC(O)CC2)ccn1. The molecule has 1 aliphatic carbocycles. The molecule has 2 aliphatic heterocycles. The minimum absolute atomic E-state index is 0.134. The molecule has 3 fully saturated rings. The lowest BCUT2D eigenvalue weighted by molar-refractivity contribution is 0.0982. The van der Waals surface area contributed by atoms with Gasteiger partial charge in [-0.15, -0.1) is 0 Å². The lowest BCUT2D eigenvalue weighted by atomic mass is 9.93. The molecule has 1 saturated carbocycles. The Bertz CT molecular complexity index is 1670. The summed E-state index contributed by atoms with van der Waals surface area (Å²) in [7, 11) is 3.82. The number of fused-ring (bicyclic) bond motifs is 1. The first-order valence-electron chi connectivity index (χ1n) is 16.6. The number of ether oxygens (including phenoxy) is 1. The maximum absolute atomic E-state index is 13.7. The van der Waals surface area contributed by atoms with Gasteiger partial charge in [-0.3, -0.25) is 25.0 Å². The number of imidazole rings is 1. The molecule has 11 nitrogen and oxygen atoms in total. The lowest BCUT2D eigenvalue weighted by Gasteiger charge is -2.42. The van der Waals surface area contributed by atoms with E-state index in [-0.39, 0.29) is 18.1 Å². The van der Waals surface area contributed by atoms with Crippen molar-refractivity contribution in [1.29, 1.82) is 0 Å². The number of rotatable bonds is 7. The van der Waals surface area contributed by atoms with Crippen LogP contribution in [0.3, 0.4) is 0 Å². The fourth-order valence-corrected chi connectivity index (χ4v) is 7.37. The van der Waals surface area contributed by atoms with Crippen LogP contribution in [0.25, 0.3) is 22.3 Å². The summed E-state index contributed by atoms with van der Waals surface area (Å²) in [5.74, 6) is 0.912. The van der Waals surface area contributed by atoms with Gasteiger partial charge < -0.3 is 24.2 Å². The van der Waals surface area contributed by atoms with Crippen molar-refractivity contribution in [2.45, 2.75) is 56.7 Å². The van der Waals surface area contributed by atoms with Gasteiger partial charge in [-0.2, -0.15) is 0 Å². The number of aliphatic hydroxyl groups is 1. The molecule has 2 saturated heterocycles. The van der Waals surface area contributed by atoms with Crippen LogP contribution in [0.4, 0.5) is 11.6 Å². The predicted molar refractivity (Wildman–Crippen MR) is 180 cm³/mol. The Labute approximate surface area is 270 Å². The van der Waals surface area contributed by atoms with E-state index in [2.05, 4.69) is 59.8 Å². The number of hydrogen-bond donors (Lipinski definition) is 2. The minimum Gasteiger partial charge on any atom is -0.496 e. The van der Waals surface area contributed by atoms with Crippen molar-refractivity contribution in [2.75, 3.05) is 63.6 Å². The average Bonchev–Trinajstić information content (AvgIpc) is 3.46. The number of anilines is 2. The Balaban J connectivity index is 1.14. The van der Waals surface area contributed by atoms with E-state index in [4.69, 9.17) is 9.72 Å². The minimum atomic E-state index is -0.277. The fourth-order valence-electron chi connectivity index (χ4n) is 7.37. The van der Waals surface area contributed by atoms with E-state index < -0.39 is 0 Å². The molecular weight excluding hydrogens is 580 g/mol. The molecule has 0 unspecified atom stereocenters. The second-order valence-corrected chi connectivity index (χ2v) is 13.0. The van der Waals surface area contributed by atoms with Gasteiger partial charge in [0.1, 0.15) is 5.75 Å². The number of pyridine rings is 2. The smallest absolute Gasteiger partial charge is 0.258 e. The van der Waals surface area contributed by atoms with Crippen molar-refractivity contribution in [1.82, 2.24) is 29.3 Å². The summed E-state index contributed by atoms with van der Waals surface area (Å²) in [6.07, 6.45) is 10.2. The molecule has 1 aromatic carbocycles. The zero-order valence-electron chi connectivity index (χ0n) is 26.8. The van der Waals surface area contributed by atoms with Crippen molar-refractivity contribution in [2.24, 2.45) is 0 Å². The number of nitrogens with one attached hydrogen (secondary N) is 1. The number of methoxy groups -OCH3 is 1. The van der Waals surface area contributed by atoms with Gasteiger partial charge in [-0.1, -0.05) is 0 Å². The van der Waals surface area contributed by atoms with Gasteiger partial charge in [0.15, 0.2) is 0 Å². The van der Waals surface area contributed by atoms with Crippen LogP contribution in [0.2, 0.25) is 0 Å². The molecule has 7 rings (SSSR count). The molecular formula is C35H44N8O3. The molecule has 3 aliphatic rings. The Morgan fingerprint density at radius 2 is 1.70 bits per heavy atom. The number of piperazine rings is 1. The first-order chi connectivity index (χ1) is 22.5. The van der Waals surface area contributed by atoms with Gasteiger partial charge >= 0.3 is 0 Å². The van der Waals surface area contributed by atoms with Gasteiger partial charge in [0.05, 0.1) is 35.5 Å². The van der Waals surface area contributed by atoms with Crippen LogP contribution in [0, 0.1) is 0 Å². The summed E-state index contributed by atoms with van der Waals surface area (Å²) in [6, 6.07) is 12.5. The van der Waals surface area contributed by atoms with Crippen LogP contribution in [-0.4, -0.2) is 106 Å². The van der Waals surface area contributed by atoms with Crippen LogP contribution in [0.15, 0.2) is 55.0 Å². The zero-order chi connectivity index (χ0) is 31.6. The maximum Gasteiger partial charge on any atom is 0.258 e. The number of hydrogen-bond acceptors (Lipinski definition) is 9. The van der Waals surface area contributed by atoms with Crippen LogP contribution >= 0.6 is 0 Å². The number of piperidine rings is 1. The highest BCUT2D eigenvalue weighted by molar-refractivity contribution is 6.04. The van der Waals surface area contributed by atoms with E-state index in [1.165, 1.54) is 18.5 Å². The standard InChI is InChI=1S/C35H44N8O3/c1-40-17-19-42(20-18-40)25-11-15-41(16-12-25)27-5-8-30-32(22-27)43(26-3-6-28(44)7-4-26)35(38-30)39-34(45)24-9-14-37-31(21-24)29-23-36-13-10-33(29)46-2/h5,8-10,13-14,21-23,25-26,28,44H,3-4,6-7,11-12,15-20H2,1-2H3,(H,38,39,45). The van der Waals surface area contributed by atoms with Crippen LogP contribution in [0.1, 0.15) is 54.9 Å². The summed E-state index contributed by atoms with van der Waals surface area (Å²) in [6.45, 7) is 6.69. The summed E-state index contributed by atoms with van der Waals surface area (Å²) >= 11 is 0. The zero-order valence-corrected chi connectivity index (χ0v) is 26.8. The number of benzene rings is 1. The molecule has 11 heteroatoms. The molecule has 0 bridgehead atoms. The van der Waals surface area contributed by atoms with Crippen LogP contribution in [0.5, 0.6) is 5.75 Å². The topological polar surface area (TPSA) is 112 Å². The molecule has 2 N–H and O–H groups in total. The normalized spacial score (nSPS) is 21.8. The van der Waals surface area contributed by atoms with Crippen molar-refractivity contribution in [3.63, 3.8) is 0 Å². The number of likely N-dealkylation sites (N-methyl/N-ethyl adjacent to an activating group) is 1. The summed E-state index contributed by atoms with van der Waals surface area (Å²) < 4.78 is 7.69. The lowest BCUT2D eigenvalue weighted by Crippen LogP contribution is -2.52. The van der Waals surface area contributed by atoms with Gasteiger partial charge in [0.2, 0.25) is 5.95 Å². The first-order valence-corrected chi connectivity index (χ1v) is 16.6. The summed E-state index contributed by atoms with van der Waals surface area (Å²) in [5.41, 5.74) is 4.86. The number of carbonyl (C=O) groups excluding carboxylic acids is 1. The average molecular weight is 625 g/mol.